The summed E-state index contributed by atoms with van der Waals surface area (Å²) >= 11 is 0. The van der Waals surface area contributed by atoms with Crippen LogP contribution in [0.3, 0.4) is 0 Å². The Hall–Kier alpha value is -1.94. The van der Waals surface area contributed by atoms with E-state index in [0.717, 1.165) is 30.2 Å². The Balaban J connectivity index is 1.91. The molecule has 1 saturated heterocycles. The first-order chi connectivity index (χ1) is 10.2. The van der Waals surface area contributed by atoms with E-state index in [2.05, 4.69) is 4.98 Å². The molecule has 1 fully saturated rings. The minimum absolute atomic E-state index is 0.0775. The van der Waals surface area contributed by atoms with E-state index in [9.17, 15) is 9.90 Å². The largest absolute Gasteiger partial charge is 0.391 e. The highest BCUT2D eigenvalue weighted by molar-refractivity contribution is 5.95. The van der Waals surface area contributed by atoms with Gasteiger partial charge in [-0.2, -0.15) is 0 Å². The maximum Gasteiger partial charge on any atom is 0.272 e. The molecule has 0 unspecified atom stereocenters. The smallest absolute Gasteiger partial charge is 0.272 e. The summed E-state index contributed by atoms with van der Waals surface area (Å²) in [6.07, 6.45) is 2.40. The third-order valence-corrected chi connectivity index (χ3v) is 4.18. The highest BCUT2D eigenvalue weighted by Crippen LogP contribution is 2.22. The average Bonchev–Trinajstić information content (AvgIpc) is 2.53. The Morgan fingerprint density at radius 3 is 2.90 bits per heavy atom. The summed E-state index contributed by atoms with van der Waals surface area (Å²) in [6, 6.07) is 11.4. The molecule has 1 aromatic carbocycles. The monoisotopic (exact) mass is 284 g/mol. The molecule has 4 nitrogen and oxygen atoms in total. The van der Waals surface area contributed by atoms with Crippen LogP contribution in [0.15, 0.2) is 36.4 Å². The van der Waals surface area contributed by atoms with E-state index in [0.29, 0.717) is 12.2 Å². The van der Waals surface area contributed by atoms with Crippen molar-refractivity contribution in [3.63, 3.8) is 0 Å². The molecule has 2 atom stereocenters. The van der Waals surface area contributed by atoms with E-state index >= 15 is 0 Å². The quantitative estimate of drug-likeness (QED) is 0.922. The molecule has 2 aromatic rings. The second-order valence-corrected chi connectivity index (χ2v) is 5.69. The van der Waals surface area contributed by atoms with Gasteiger partial charge in [0.25, 0.3) is 5.91 Å². The molecule has 1 aliphatic heterocycles. The fraction of sp³-hybridized carbons (Fsp3) is 0.412. The highest BCUT2D eigenvalue weighted by atomic mass is 16.3. The molecule has 0 spiro atoms. The van der Waals surface area contributed by atoms with Crippen LogP contribution in [0.25, 0.3) is 10.9 Å². The molecule has 1 aliphatic rings. The number of hydrogen-bond donors (Lipinski definition) is 1. The lowest BCUT2D eigenvalue weighted by Gasteiger charge is -2.37. The number of pyridine rings is 1. The lowest BCUT2D eigenvalue weighted by molar-refractivity contribution is 0.0277. The minimum atomic E-state index is -0.505. The van der Waals surface area contributed by atoms with Gasteiger partial charge in [-0.15, -0.1) is 0 Å². The number of amides is 1. The van der Waals surface area contributed by atoms with Crippen molar-refractivity contribution in [2.45, 2.75) is 38.3 Å². The van der Waals surface area contributed by atoms with E-state index < -0.39 is 6.10 Å². The maximum absolute atomic E-state index is 12.7. The zero-order chi connectivity index (χ0) is 14.8. The summed E-state index contributed by atoms with van der Waals surface area (Å²) in [5.74, 6) is -0.0775. The van der Waals surface area contributed by atoms with Gasteiger partial charge in [0.2, 0.25) is 0 Å². The fourth-order valence-corrected chi connectivity index (χ4v) is 3.04. The van der Waals surface area contributed by atoms with Crippen LogP contribution in [0.5, 0.6) is 0 Å². The number of aliphatic hydroxyl groups is 1. The van der Waals surface area contributed by atoms with Gasteiger partial charge in [0.05, 0.1) is 17.7 Å². The number of rotatable bonds is 2. The second kappa shape index (κ2) is 5.82. The van der Waals surface area contributed by atoms with Crippen LogP contribution in [0.2, 0.25) is 0 Å². The molecule has 1 aromatic heterocycles. The summed E-state index contributed by atoms with van der Waals surface area (Å²) < 4.78 is 0. The molecule has 2 heterocycles. The lowest BCUT2D eigenvalue weighted by atomic mass is 9.97. The van der Waals surface area contributed by atoms with Crippen molar-refractivity contribution in [2.24, 2.45) is 0 Å². The second-order valence-electron chi connectivity index (χ2n) is 5.69. The Bertz CT molecular complexity index is 654. The lowest BCUT2D eigenvalue weighted by Crippen LogP contribution is -2.49. The van der Waals surface area contributed by atoms with Crippen molar-refractivity contribution in [2.75, 3.05) is 6.54 Å². The van der Waals surface area contributed by atoms with Gasteiger partial charge >= 0.3 is 0 Å². The predicted molar refractivity (Wildman–Crippen MR) is 82.1 cm³/mol. The van der Waals surface area contributed by atoms with Gasteiger partial charge in [-0.3, -0.25) is 4.79 Å². The third-order valence-electron chi connectivity index (χ3n) is 4.18. The molecule has 0 radical (unpaired) electrons. The number of benzene rings is 1. The van der Waals surface area contributed by atoms with Crippen molar-refractivity contribution >= 4 is 16.8 Å². The first kappa shape index (κ1) is 14.0. The minimum Gasteiger partial charge on any atom is -0.391 e. The van der Waals surface area contributed by atoms with Crippen LogP contribution in [-0.2, 0) is 0 Å². The Morgan fingerprint density at radius 2 is 2.10 bits per heavy atom. The maximum atomic E-state index is 12.7. The number of hydrogen-bond acceptors (Lipinski definition) is 3. The average molecular weight is 284 g/mol. The van der Waals surface area contributed by atoms with Crippen molar-refractivity contribution < 1.29 is 9.90 Å². The van der Waals surface area contributed by atoms with Crippen LogP contribution >= 0.6 is 0 Å². The van der Waals surface area contributed by atoms with Crippen LogP contribution in [-0.4, -0.2) is 39.6 Å². The van der Waals surface area contributed by atoms with Crippen LogP contribution in [0.1, 0.15) is 36.7 Å². The van der Waals surface area contributed by atoms with Gasteiger partial charge in [0, 0.05) is 11.9 Å². The normalized spacial score (nSPS) is 20.5. The predicted octanol–water partition coefficient (Wildman–Crippen LogP) is 2.61. The Morgan fingerprint density at radius 1 is 1.29 bits per heavy atom. The van der Waals surface area contributed by atoms with E-state index in [4.69, 9.17) is 0 Å². The van der Waals surface area contributed by atoms with Gasteiger partial charge in [0.15, 0.2) is 0 Å². The number of fused-ring (bicyclic) bond motifs is 1. The van der Waals surface area contributed by atoms with Gasteiger partial charge in [-0.25, -0.2) is 4.98 Å². The fourth-order valence-electron chi connectivity index (χ4n) is 3.04. The number of piperidine rings is 1. The van der Waals surface area contributed by atoms with Crippen molar-refractivity contribution in [1.29, 1.82) is 0 Å². The molecule has 110 valence electrons. The molecule has 0 saturated carbocycles. The molecule has 1 N–H and O–H groups in total. The summed E-state index contributed by atoms with van der Waals surface area (Å²) in [4.78, 5) is 19.0. The Labute approximate surface area is 124 Å². The molecular formula is C17H20N2O2. The van der Waals surface area contributed by atoms with Gasteiger partial charge < -0.3 is 10.0 Å². The van der Waals surface area contributed by atoms with Gasteiger partial charge in [-0.1, -0.05) is 24.3 Å². The first-order valence-corrected chi connectivity index (χ1v) is 7.51. The van der Waals surface area contributed by atoms with Gasteiger partial charge in [-0.05, 0) is 38.3 Å². The molecule has 1 amide bonds. The van der Waals surface area contributed by atoms with Crippen LogP contribution in [0, 0.1) is 0 Å². The Kier molecular flexibility index (Phi) is 3.88. The topological polar surface area (TPSA) is 53.4 Å². The molecular weight excluding hydrogens is 264 g/mol. The third kappa shape index (κ3) is 2.76. The number of likely N-dealkylation sites (tertiary alicyclic amines) is 1. The number of nitrogens with zero attached hydrogens (tertiary/aromatic N) is 2. The highest BCUT2D eigenvalue weighted by Gasteiger charge is 2.31. The van der Waals surface area contributed by atoms with E-state index in [1.54, 1.807) is 17.9 Å². The van der Waals surface area contributed by atoms with Crippen LogP contribution < -0.4 is 0 Å². The standard InChI is InChI=1S/C17H20N2O2/c1-12(20)16-8-4-5-11-19(16)17(21)15-10-9-13-6-2-3-7-14(13)18-15/h2-3,6-7,9-10,12,16,20H,4-5,8,11H2,1H3/t12-,16-/m1/s1. The van der Waals surface area contributed by atoms with E-state index in [-0.39, 0.29) is 11.9 Å². The summed E-state index contributed by atoms with van der Waals surface area (Å²) in [5, 5.41) is 10.9. The number of carbonyl (C=O) groups excluding carboxylic acids is 1. The molecule has 0 aliphatic carbocycles. The van der Waals surface area contributed by atoms with E-state index in [1.165, 1.54) is 0 Å². The van der Waals surface area contributed by atoms with Crippen molar-refractivity contribution in [3.05, 3.63) is 42.1 Å². The molecule has 4 heteroatoms. The summed E-state index contributed by atoms with van der Waals surface area (Å²) in [5.41, 5.74) is 1.29. The molecule has 21 heavy (non-hydrogen) atoms. The zero-order valence-electron chi connectivity index (χ0n) is 12.2. The SMILES string of the molecule is C[C@@H](O)[C@H]1CCCCN1C(=O)c1ccc2ccccc2n1. The van der Waals surface area contributed by atoms with Crippen molar-refractivity contribution in [1.82, 2.24) is 9.88 Å². The van der Waals surface area contributed by atoms with Crippen LogP contribution in [0.4, 0.5) is 0 Å². The molecule has 3 rings (SSSR count). The number of aromatic nitrogens is 1. The van der Waals surface area contributed by atoms with Crippen molar-refractivity contribution in [3.8, 4) is 0 Å². The number of aliphatic hydroxyl groups excluding tert-OH is 1. The molecule has 0 bridgehead atoms. The first-order valence-electron chi connectivity index (χ1n) is 7.51. The summed E-state index contributed by atoms with van der Waals surface area (Å²) in [7, 11) is 0. The zero-order valence-corrected chi connectivity index (χ0v) is 12.2. The van der Waals surface area contributed by atoms with E-state index in [1.807, 2.05) is 30.3 Å². The number of carbonyl (C=O) groups is 1. The summed E-state index contributed by atoms with van der Waals surface area (Å²) in [6.45, 7) is 2.45. The van der Waals surface area contributed by atoms with Gasteiger partial charge in [0.1, 0.15) is 5.69 Å². The number of para-hydroxylation sites is 1.